The van der Waals surface area contributed by atoms with Gasteiger partial charge in [-0.3, -0.25) is 0 Å². The summed E-state index contributed by atoms with van der Waals surface area (Å²) < 4.78 is 0. The number of rotatable bonds is 3. The van der Waals surface area contributed by atoms with Gasteiger partial charge in [0.1, 0.15) is 0 Å². The third-order valence-corrected chi connectivity index (χ3v) is 2.76. The monoisotopic (exact) mass is 226 g/mol. The smallest absolute Gasteiger partial charge is 0.151 e. The molecule has 1 atom stereocenters. The van der Waals surface area contributed by atoms with E-state index in [2.05, 4.69) is 20.8 Å². The van der Waals surface area contributed by atoms with Crippen molar-refractivity contribution in [3.8, 4) is 0 Å². The number of aromatic nitrogens is 2. The third kappa shape index (κ3) is 3.41. The highest BCUT2D eigenvalue weighted by atomic mass is 35.5. The first-order chi connectivity index (χ1) is 7.34. The summed E-state index contributed by atoms with van der Waals surface area (Å²) in [4.78, 5) is 0. The second-order valence-corrected chi connectivity index (χ2v) is 4.16. The van der Waals surface area contributed by atoms with Gasteiger partial charge in [-0.2, -0.15) is 5.10 Å². The summed E-state index contributed by atoms with van der Waals surface area (Å²) in [5.41, 5.74) is 0.935. The summed E-state index contributed by atoms with van der Waals surface area (Å²) in [6, 6.07) is 4.22. The van der Waals surface area contributed by atoms with Gasteiger partial charge in [-0.1, -0.05) is 11.6 Å². The maximum absolute atomic E-state index is 5.66. The summed E-state index contributed by atoms with van der Waals surface area (Å²) in [6.07, 6.45) is 2.47. The van der Waals surface area contributed by atoms with E-state index >= 15 is 0 Å². The molecule has 2 heterocycles. The van der Waals surface area contributed by atoms with Crippen molar-refractivity contribution >= 4 is 11.6 Å². The van der Waals surface area contributed by atoms with E-state index < -0.39 is 0 Å². The van der Waals surface area contributed by atoms with Gasteiger partial charge >= 0.3 is 0 Å². The molecule has 0 bridgehead atoms. The number of hydrogen-bond donors (Lipinski definition) is 2. The van der Waals surface area contributed by atoms with Crippen LogP contribution in [-0.2, 0) is 6.54 Å². The number of piperidine rings is 1. The molecule has 1 aliphatic rings. The molecule has 0 unspecified atom stereocenters. The molecule has 0 saturated carbocycles. The van der Waals surface area contributed by atoms with Crippen LogP contribution in [0.3, 0.4) is 0 Å². The summed E-state index contributed by atoms with van der Waals surface area (Å²) in [6.45, 7) is 2.94. The molecule has 82 valence electrons. The molecule has 0 aliphatic carbocycles. The van der Waals surface area contributed by atoms with Gasteiger partial charge in [0.25, 0.3) is 0 Å². The van der Waals surface area contributed by atoms with Gasteiger partial charge in [0.15, 0.2) is 5.15 Å². The Balaban J connectivity index is 1.79. The van der Waals surface area contributed by atoms with E-state index in [-0.39, 0.29) is 0 Å². The van der Waals surface area contributed by atoms with E-state index in [1.807, 2.05) is 6.07 Å². The van der Waals surface area contributed by atoms with Gasteiger partial charge in [-0.25, -0.2) is 0 Å². The Hall–Kier alpha value is -0.710. The second-order valence-electron chi connectivity index (χ2n) is 3.77. The minimum Gasteiger partial charge on any atom is -0.315 e. The van der Waals surface area contributed by atoms with Gasteiger partial charge in [0, 0.05) is 19.1 Å². The van der Waals surface area contributed by atoms with E-state index in [9.17, 15) is 0 Å². The molecule has 0 amide bonds. The number of nitrogens with one attached hydrogen (secondary N) is 2. The highest BCUT2D eigenvalue weighted by molar-refractivity contribution is 6.29. The van der Waals surface area contributed by atoms with Crippen molar-refractivity contribution in [3.05, 3.63) is 23.0 Å². The minimum absolute atomic E-state index is 0.443. The maximum atomic E-state index is 5.66. The highest BCUT2D eigenvalue weighted by Crippen LogP contribution is 2.04. The zero-order valence-corrected chi connectivity index (χ0v) is 9.30. The van der Waals surface area contributed by atoms with Gasteiger partial charge in [-0.05, 0) is 31.5 Å². The van der Waals surface area contributed by atoms with E-state index in [1.54, 1.807) is 6.07 Å². The van der Waals surface area contributed by atoms with Gasteiger partial charge < -0.3 is 10.6 Å². The van der Waals surface area contributed by atoms with Gasteiger partial charge in [-0.15, -0.1) is 5.10 Å². The first-order valence-electron chi connectivity index (χ1n) is 5.27. The topological polar surface area (TPSA) is 49.8 Å². The second kappa shape index (κ2) is 5.39. The zero-order chi connectivity index (χ0) is 10.5. The Morgan fingerprint density at radius 3 is 3.07 bits per heavy atom. The third-order valence-electron chi connectivity index (χ3n) is 2.56. The van der Waals surface area contributed by atoms with Crippen LogP contribution in [0.1, 0.15) is 18.5 Å². The lowest BCUT2D eigenvalue weighted by Crippen LogP contribution is -2.42. The van der Waals surface area contributed by atoms with E-state index in [1.165, 1.54) is 12.8 Å². The summed E-state index contributed by atoms with van der Waals surface area (Å²) in [7, 11) is 0. The predicted molar refractivity (Wildman–Crippen MR) is 59.8 cm³/mol. The van der Waals surface area contributed by atoms with Crippen LogP contribution in [0.2, 0.25) is 5.15 Å². The molecule has 4 nitrogen and oxygen atoms in total. The molecule has 5 heteroatoms. The lowest BCUT2D eigenvalue weighted by molar-refractivity contribution is 0.387. The van der Waals surface area contributed by atoms with E-state index in [4.69, 9.17) is 11.6 Å². The van der Waals surface area contributed by atoms with Crippen LogP contribution < -0.4 is 10.6 Å². The predicted octanol–water partition coefficient (Wildman–Crippen LogP) is 0.972. The highest BCUT2D eigenvalue weighted by Gasteiger charge is 2.11. The molecule has 2 N–H and O–H groups in total. The lowest BCUT2D eigenvalue weighted by Gasteiger charge is -2.23. The first-order valence-corrected chi connectivity index (χ1v) is 5.64. The van der Waals surface area contributed by atoms with Gasteiger partial charge in [0.2, 0.25) is 0 Å². The average Bonchev–Trinajstić information content (AvgIpc) is 2.30. The normalized spacial score (nSPS) is 21.5. The van der Waals surface area contributed by atoms with Crippen molar-refractivity contribution < 1.29 is 0 Å². The van der Waals surface area contributed by atoms with E-state index in [0.717, 1.165) is 25.3 Å². The molecule has 1 aromatic heterocycles. The molecule has 1 aromatic rings. The Kier molecular flexibility index (Phi) is 3.88. The van der Waals surface area contributed by atoms with Crippen molar-refractivity contribution in [2.45, 2.75) is 25.4 Å². The van der Waals surface area contributed by atoms with Crippen molar-refractivity contribution in [2.75, 3.05) is 13.1 Å². The Morgan fingerprint density at radius 2 is 2.40 bits per heavy atom. The largest absolute Gasteiger partial charge is 0.315 e. The van der Waals surface area contributed by atoms with Crippen molar-refractivity contribution in [1.82, 2.24) is 20.8 Å². The lowest BCUT2D eigenvalue weighted by atomic mass is 10.1. The first kappa shape index (κ1) is 10.8. The van der Waals surface area contributed by atoms with E-state index in [0.29, 0.717) is 11.2 Å². The van der Waals surface area contributed by atoms with Crippen LogP contribution in [0.15, 0.2) is 12.1 Å². The number of hydrogen-bond acceptors (Lipinski definition) is 4. The summed E-state index contributed by atoms with van der Waals surface area (Å²) >= 11 is 5.66. The SMILES string of the molecule is Clc1ccc(CN[C@H]2CCCNC2)nn1. The molecule has 2 rings (SSSR count). The Labute approximate surface area is 94.4 Å². The summed E-state index contributed by atoms with van der Waals surface area (Å²) in [5, 5.41) is 15.1. The fourth-order valence-corrected chi connectivity index (χ4v) is 1.81. The molecule has 15 heavy (non-hydrogen) atoms. The zero-order valence-electron chi connectivity index (χ0n) is 8.54. The average molecular weight is 227 g/mol. The van der Waals surface area contributed by atoms with Crippen molar-refractivity contribution in [2.24, 2.45) is 0 Å². The molecule has 1 aliphatic heterocycles. The molecular formula is C10H15ClN4. The van der Waals surface area contributed by atoms with Crippen LogP contribution in [0.25, 0.3) is 0 Å². The molecule has 0 spiro atoms. The molecule has 0 aromatic carbocycles. The molecule has 0 radical (unpaired) electrons. The standard InChI is InChI=1S/C10H15ClN4/c11-10-4-3-9(14-15-10)7-13-8-2-1-5-12-6-8/h3-4,8,12-13H,1-2,5-7H2/t8-/m0/s1. The molecular weight excluding hydrogens is 212 g/mol. The quantitative estimate of drug-likeness (QED) is 0.807. The van der Waals surface area contributed by atoms with Crippen LogP contribution in [-0.4, -0.2) is 29.3 Å². The number of halogens is 1. The van der Waals surface area contributed by atoms with Crippen LogP contribution in [0.4, 0.5) is 0 Å². The Bertz CT molecular complexity index is 295. The maximum Gasteiger partial charge on any atom is 0.151 e. The van der Waals surface area contributed by atoms with Crippen molar-refractivity contribution in [3.63, 3.8) is 0 Å². The Morgan fingerprint density at radius 1 is 1.47 bits per heavy atom. The minimum atomic E-state index is 0.443. The fraction of sp³-hybridized carbons (Fsp3) is 0.600. The fourth-order valence-electron chi connectivity index (χ4n) is 1.71. The molecule has 1 saturated heterocycles. The van der Waals surface area contributed by atoms with Crippen LogP contribution in [0.5, 0.6) is 0 Å². The van der Waals surface area contributed by atoms with Crippen molar-refractivity contribution in [1.29, 1.82) is 0 Å². The van der Waals surface area contributed by atoms with Crippen LogP contribution >= 0.6 is 11.6 Å². The summed E-state index contributed by atoms with van der Waals surface area (Å²) in [5.74, 6) is 0. The van der Waals surface area contributed by atoms with Gasteiger partial charge in [0.05, 0.1) is 5.69 Å². The molecule has 1 fully saturated rings. The van der Waals surface area contributed by atoms with Crippen LogP contribution in [0, 0.1) is 0 Å². The number of nitrogens with zero attached hydrogens (tertiary/aromatic N) is 2.